The summed E-state index contributed by atoms with van der Waals surface area (Å²) in [6, 6.07) is 7.97. The molecule has 146 valence electrons. The maximum absolute atomic E-state index is 12.6. The Kier molecular flexibility index (Phi) is 6.78. The molecule has 1 aliphatic heterocycles. The fourth-order valence-electron chi connectivity index (χ4n) is 3.05. The molecule has 1 aliphatic rings. The first kappa shape index (κ1) is 21.4. The van der Waals surface area contributed by atoms with Crippen molar-refractivity contribution < 1.29 is 8.42 Å². The number of anilines is 1. The zero-order valence-electron chi connectivity index (χ0n) is 14.1. The van der Waals surface area contributed by atoms with Crippen molar-refractivity contribution in [3.8, 4) is 0 Å². The summed E-state index contributed by atoms with van der Waals surface area (Å²) in [7, 11) is -3.69. The van der Waals surface area contributed by atoms with Crippen molar-refractivity contribution in [2.24, 2.45) is 0 Å². The lowest BCUT2D eigenvalue weighted by Gasteiger charge is -2.19. The molecule has 0 aliphatic carbocycles. The molecule has 0 unspecified atom stereocenters. The number of likely N-dealkylation sites (tertiary alicyclic amines) is 1. The van der Waals surface area contributed by atoms with E-state index in [1.165, 1.54) is 18.2 Å². The van der Waals surface area contributed by atoms with Gasteiger partial charge in [0.1, 0.15) is 0 Å². The maximum Gasteiger partial charge on any atom is 0.240 e. The Bertz CT molecular complexity index is 953. The van der Waals surface area contributed by atoms with E-state index in [1.807, 2.05) is 12.1 Å². The van der Waals surface area contributed by atoms with E-state index >= 15 is 0 Å². The SMILES string of the molecule is Nc1c(Br)cc(Br)cc1CN1CC[C@@H](NS(=O)(=O)c2cc(Cl)cc(Cl)c2)C1. The Hall–Kier alpha value is -0.350. The molecule has 10 heteroatoms. The number of nitrogens with two attached hydrogens (primary N) is 1. The van der Waals surface area contributed by atoms with Gasteiger partial charge in [0.05, 0.1) is 10.6 Å². The quantitative estimate of drug-likeness (QED) is 0.525. The van der Waals surface area contributed by atoms with E-state index in [4.69, 9.17) is 28.9 Å². The highest BCUT2D eigenvalue weighted by atomic mass is 79.9. The van der Waals surface area contributed by atoms with Crippen LogP contribution < -0.4 is 10.5 Å². The van der Waals surface area contributed by atoms with Crippen molar-refractivity contribution in [3.05, 3.63) is 54.9 Å². The van der Waals surface area contributed by atoms with Crippen LogP contribution in [0.5, 0.6) is 0 Å². The van der Waals surface area contributed by atoms with Crippen molar-refractivity contribution in [1.82, 2.24) is 9.62 Å². The number of hydrogen-bond acceptors (Lipinski definition) is 4. The molecule has 0 saturated carbocycles. The van der Waals surface area contributed by atoms with Crippen LogP contribution in [0.15, 0.2) is 44.2 Å². The number of halogens is 4. The second-order valence-corrected chi connectivity index (χ2v) is 10.8. The van der Waals surface area contributed by atoms with E-state index in [9.17, 15) is 8.42 Å². The molecular formula is C17H17Br2Cl2N3O2S. The van der Waals surface area contributed by atoms with Crippen molar-refractivity contribution >= 4 is 70.8 Å². The molecule has 3 N–H and O–H groups in total. The summed E-state index contributed by atoms with van der Waals surface area (Å²) in [6.45, 7) is 2.01. The monoisotopic (exact) mass is 555 g/mol. The molecule has 1 atom stereocenters. The molecule has 27 heavy (non-hydrogen) atoms. The van der Waals surface area contributed by atoms with E-state index < -0.39 is 10.0 Å². The summed E-state index contributed by atoms with van der Waals surface area (Å²) >= 11 is 18.8. The van der Waals surface area contributed by atoms with Crippen molar-refractivity contribution in [1.29, 1.82) is 0 Å². The summed E-state index contributed by atoms with van der Waals surface area (Å²) < 4.78 is 29.8. The summed E-state index contributed by atoms with van der Waals surface area (Å²) in [5, 5.41) is 0.568. The van der Waals surface area contributed by atoms with Gasteiger partial charge in [0.2, 0.25) is 10.0 Å². The first-order chi connectivity index (χ1) is 12.6. The minimum absolute atomic E-state index is 0.0682. The predicted molar refractivity (Wildman–Crippen MR) is 117 cm³/mol. The van der Waals surface area contributed by atoms with E-state index in [0.717, 1.165) is 21.1 Å². The van der Waals surface area contributed by atoms with Crippen LogP contribution in [0.1, 0.15) is 12.0 Å². The number of nitrogens with zero attached hydrogens (tertiary/aromatic N) is 1. The van der Waals surface area contributed by atoms with Gasteiger partial charge in [-0.05, 0) is 58.2 Å². The summed E-state index contributed by atoms with van der Waals surface area (Å²) in [4.78, 5) is 2.24. The molecule has 1 saturated heterocycles. The van der Waals surface area contributed by atoms with Crippen LogP contribution in [-0.4, -0.2) is 32.4 Å². The first-order valence-electron chi connectivity index (χ1n) is 8.08. The van der Waals surface area contributed by atoms with Gasteiger partial charge in [-0.1, -0.05) is 39.1 Å². The van der Waals surface area contributed by atoms with Crippen molar-refractivity contribution in [2.45, 2.75) is 23.9 Å². The van der Waals surface area contributed by atoms with Gasteiger partial charge in [0, 0.05) is 44.7 Å². The van der Waals surface area contributed by atoms with Crippen LogP contribution in [0.25, 0.3) is 0 Å². The molecule has 2 aromatic rings. The molecule has 1 fully saturated rings. The molecule has 0 radical (unpaired) electrons. The Morgan fingerprint density at radius 2 is 1.81 bits per heavy atom. The van der Waals surface area contributed by atoms with Crippen molar-refractivity contribution in [3.63, 3.8) is 0 Å². The topological polar surface area (TPSA) is 75.4 Å². The molecule has 3 rings (SSSR count). The average Bonchev–Trinajstić information content (AvgIpc) is 2.97. The zero-order valence-corrected chi connectivity index (χ0v) is 19.6. The van der Waals surface area contributed by atoms with Gasteiger partial charge >= 0.3 is 0 Å². The van der Waals surface area contributed by atoms with Gasteiger partial charge in [0.25, 0.3) is 0 Å². The molecule has 5 nitrogen and oxygen atoms in total. The van der Waals surface area contributed by atoms with Crippen LogP contribution in [0, 0.1) is 0 Å². The normalized spacial score (nSPS) is 18.1. The Morgan fingerprint density at radius 1 is 1.15 bits per heavy atom. The Morgan fingerprint density at radius 3 is 2.48 bits per heavy atom. The van der Waals surface area contributed by atoms with Gasteiger partial charge in [-0.25, -0.2) is 13.1 Å². The van der Waals surface area contributed by atoms with E-state index in [1.54, 1.807) is 0 Å². The summed E-state index contributed by atoms with van der Waals surface area (Å²) in [6.07, 6.45) is 0.711. The highest BCUT2D eigenvalue weighted by Crippen LogP contribution is 2.30. The van der Waals surface area contributed by atoms with Crippen LogP contribution in [0.4, 0.5) is 5.69 Å². The minimum Gasteiger partial charge on any atom is -0.398 e. The molecule has 2 aromatic carbocycles. The number of benzene rings is 2. The molecule has 0 amide bonds. The van der Waals surface area contributed by atoms with Crippen LogP contribution in [0.3, 0.4) is 0 Å². The average molecular weight is 558 g/mol. The number of hydrogen-bond donors (Lipinski definition) is 2. The van der Waals surface area contributed by atoms with Crippen molar-refractivity contribution in [2.75, 3.05) is 18.8 Å². The number of nitrogens with one attached hydrogen (secondary N) is 1. The third-order valence-corrected chi connectivity index (χ3v) is 7.36. The standard InChI is InChI=1S/C17H17Br2Cl2N3O2S/c18-11-3-10(17(22)16(19)4-11)8-24-2-1-14(9-24)23-27(25,26)15-6-12(20)5-13(21)7-15/h3-7,14,23H,1-2,8-9,22H2/t14-/m1/s1. The van der Waals surface area contributed by atoms with Gasteiger partial charge in [0.15, 0.2) is 0 Å². The molecule has 1 heterocycles. The van der Waals surface area contributed by atoms with E-state index in [-0.39, 0.29) is 21.0 Å². The van der Waals surface area contributed by atoms with Gasteiger partial charge in [-0.2, -0.15) is 0 Å². The molecule has 0 bridgehead atoms. The van der Waals surface area contributed by atoms with Crippen LogP contribution in [0.2, 0.25) is 10.0 Å². The lowest BCUT2D eigenvalue weighted by Crippen LogP contribution is -2.37. The predicted octanol–water partition coefficient (Wildman–Crippen LogP) is 4.65. The number of rotatable bonds is 5. The Labute approximate surface area is 185 Å². The number of nitrogen functional groups attached to an aromatic ring is 1. The van der Waals surface area contributed by atoms with E-state index in [2.05, 4.69) is 41.5 Å². The smallest absolute Gasteiger partial charge is 0.240 e. The highest BCUT2D eigenvalue weighted by molar-refractivity contribution is 9.11. The Balaban J connectivity index is 1.68. The number of sulfonamides is 1. The second-order valence-electron chi connectivity index (χ2n) is 6.41. The van der Waals surface area contributed by atoms with Gasteiger partial charge < -0.3 is 5.73 Å². The van der Waals surface area contributed by atoms with Crippen LogP contribution in [-0.2, 0) is 16.6 Å². The molecule has 0 spiro atoms. The largest absolute Gasteiger partial charge is 0.398 e. The third-order valence-electron chi connectivity index (χ3n) is 4.31. The maximum atomic E-state index is 12.6. The summed E-state index contributed by atoms with van der Waals surface area (Å²) in [5.74, 6) is 0. The second kappa shape index (κ2) is 8.57. The van der Waals surface area contributed by atoms with Gasteiger partial charge in [-0.3, -0.25) is 4.90 Å². The fraction of sp³-hybridized carbons (Fsp3) is 0.294. The lowest BCUT2D eigenvalue weighted by molar-refractivity contribution is 0.325. The summed E-state index contributed by atoms with van der Waals surface area (Å²) in [5.41, 5.74) is 7.82. The first-order valence-corrected chi connectivity index (χ1v) is 11.9. The molecule has 0 aromatic heterocycles. The molecular weight excluding hydrogens is 541 g/mol. The van der Waals surface area contributed by atoms with Gasteiger partial charge in [-0.15, -0.1) is 0 Å². The van der Waals surface area contributed by atoms with E-state index in [0.29, 0.717) is 25.2 Å². The lowest BCUT2D eigenvalue weighted by atomic mass is 10.2. The highest BCUT2D eigenvalue weighted by Gasteiger charge is 2.28. The minimum atomic E-state index is -3.69. The third kappa shape index (κ3) is 5.38. The zero-order chi connectivity index (χ0) is 19.8. The fourth-order valence-corrected chi connectivity index (χ4v) is 6.35. The van der Waals surface area contributed by atoms with Crippen LogP contribution >= 0.6 is 55.1 Å².